The van der Waals surface area contributed by atoms with Crippen LogP contribution < -0.4 is 0 Å². The zero-order valence-corrected chi connectivity index (χ0v) is 9.27. The fraction of sp³-hybridized carbons (Fsp3) is 0.167. The molecule has 0 unspecified atom stereocenters. The maximum absolute atomic E-state index is 13.4. The number of allylic oxidation sites excluding steroid dienone is 2. The number of carbonyl (C=O) groups excluding carboxylic acids is 2. The largest absolute Gasteiger partial charge is 0.289 e. The number of fused-ring (bicyclic) bond motifs is 1. The first-order valence-electron chi connectivity index (χ1n) is 4.84. The van der Waals surface area contributed by atoms with Crippen molar-refractivity contribution in [2.24, 2.45) is 0 Å². The van der Waals surface area contributed by atoms with E-state index < -0.39 is 11.6 Å². The number of ketones is 2. The number of benzene rings is 1. The molecule has 2 rings (SSSR count). The van der Waals surface area contributed by atoms with Gasteiger partial charge in [-0.05, 0) is 12.5 Å². The molecule has 1 aliphatic rings. The molecule has 0 atom stereocenters. The van der Waals surface area contributed by atoms with Crippen molar-refractivity contribution < 1.29 is 14.0 Å². The van der Waals surface area contributed by atoms with Crippen LogP contribution in [0, 0.1) is 5.82 Å². The van der Waals surface area contributed by atoms with Crippen molar-refractivity contribution in [3.63, 3.8) is 0 Å². The van der Waals surface area contributed by atoms with Crippen LogP contribution in [-0.4, -0.2) is 11.6 Å². The molecule has 1 aromatic rings. The summed E-state index contributed by atoms with van der Waals surface area (Å²) in [5.74, 6) is -1.67. The minimum absolute atomic E-state index is 0.103. The van der Waals surface area contributed by atoms with Gasteiger partial charge >= 0.3 is 0 Å². The van der Waals surface area contributed by atoms with Gasteiger partial charge in [-0.3, -0.25) is 9.59 Å². The van der Waals surface area contributed by atoms with Gasteiger partial charge in [0.15, 0.2) is 5.78 Å². The Morgan fingerprint density at radius 3 is 2.56 bits per heavy atom. The molecule has 0 saturated heterocycles. The van der Waals surface area contributed by atoms with Crippen LogP contribution in [0.2, 0.25) is 0 Å². The van der Waals surface area contributed by atoms with Crippen molar-refractivity contribution in [3.8, 4) is 0 Å². The third-order valence-electron chi connectivity index (χ3n) is 2.58. The molecule has 0 saturated carbocycles. The summed E-state index contributed by atoms with van der Waals surface area (Å²) in [6.45, 7) is 1.73. The van der Waals surface area contributed by atoms with Gasteiger partial charge in [-0.25, -0.2) is 4.39 Å². The SMILES string of the molecule is CCC1=C(Cl)C(=O)c2c(F)cccc2C1=O. The van der Waals surface area contributed by atoms with E-state index in [1.165, 1.54) is 12.1 Å². The van der Waals surface area contributed by atoms with E-state index in [2.05, 4.69) is 0 Å². The van der Waals surface area contributed by atoms with Gasteiger partial charge in [-0.15, -0.1) is 0 Å². The molecule has 4 heteroatoms. The number of rotatable bonds is 1. The summed E-state index contributed by atoms with van der Waals surface area (Å²) in [5.41, 5.74) is 0.144. The Labute approximate surface area is 96.7 Å². The van der Waals surface area contributed by atoms with Crippen molar-refractivity contribution in [2.45, 2.75) is 13.3 Å². The third-order valence-corrected chi connectivity index (χ3v) is 2.98. The molecule has 82 valence electrons. The molecule has 0 aromatic heterocycles. The number of Topliss-reactive ketones (excluding diaryl/α,β-unsaturated/α-hetero) is 2. The average molecular weight is 239 g/mol. The lowest BCUT2D eigenvalue weighted by molar-refractivity contribution is 0.0975. The molecule has 0 radical (unpaired) electrons. The van der Waals surface area contributed by atoms with Gasteiger partial charge in [0.05, 0.1) is 10.6 Å². The Balaban J connectivity index is 2.74. The topological polar surface area (TPSA) is 34.1 Å². The van der Waals surface area contributed by atoms with Crippen LogP contribution in [0.25, 0.3) is 0 Å². The highest BCUT2D eigenvalue weighted by Gasteiger charge is 2.32. The Morgan fingerprint density at radius 2 is 1.94 bits per heavy atom. The van der Waals surface area contributed by atoms with Gasteiger partial charge in [0, 0.05) is 11.1 Å². The molecular weight excluding hydrogens is 231 g/mol. The Morgan fingerprint density at radius 1 is 1.25 bits per heavy atom. The number of hydrogen-bond acceptors (Lipinski definition) is 2. The number of carbonyl (C=O) groups is 2. The summed E-state index contributed by atoms with van der Waals surface area (Å²) in [6, 6.07) is 3.99. The average Bonchev–Trinajstić information content (AvgIpc) is 2.27. The van der Waals surface area contributed by atoms with Crippen molar-refractivity contribution >= 4 is 23.2 Å². The lowest BCUT2D eigenvalue weighted by atomic mass is 9.88. The zero-order valence-electron chi connectivity index (χ0n) is 8.51. The summed E-state index contributed by atoms with van der Waals surface area (Å²) in [6.07, 6.45) is 0.360. The van der Waals surface area contributed by atoms with E-state index in [0.29, 0.717) is 6.42 Å². The first-order valence-corrected chi connectivity index (χ1v) is 5.22. The summed E-state index contributed by atoms with van der Waals surface area (Å²) < 4.78 is 13.4. The van der Waals surface area contributed by atoms with E-state index in [0.717, 1.165) is 6.07 Å². The maximum atomic E-state index is 13.4. The number of halogens is 2. The second-order valence-electron chi connectivity index (χ2n) is 3.47. The second-order valence-corrected chi connectivity index (χ2v) is 3.84. The highest BCUT2D eigenvalue weighted by Crippen LogP contribution is 2.31. The second kappa shape index (κ2) is 3.83. The third kappa shape index (κ3) is 1.39. The zero-order chi connectivity index (χ0) is 11.9. The summed E-state index contributed by atoms with van der Waals surface area (Å²) in [4.78, 5) is 23.7. The van der Waals surface area contributed by atoms with Crippen LogP contribution in [0.3, 0.4) is 0 Å². The van der Waals surface area contributed by atoms with Crippen LogP contribution in [0.1, 0.15) is 34.1 Å². The van der Waals surface area contributed by atoms with E-state index in [4.69, 9.17) is 11.6 Å². The number of hydrogen-bond donors (Lipinski definition) is 0. The van der Waals surface area contributed by atoms with Crippen LogP contribution in [-0.2, 0) is 0 Å². The minimum atomic E-state index is -0.704. The predicted octanol–water partition coefficient (Wildman–Crippen LogP) is 3.11. The van der Waals surface area contributed by atoms with E-state index >= 15 is 0 Å². The van der Waals surface area contributed by atoms with Crippen molar-refractivity contribution in [1.82, 2.24) is 0 Å². The molecule has 0 spiro atoms. The van der Waals surface area contributed by atoms with Crippen molar-refractivity contribution in [1.29, 1.82) is 0 Å². The van der Waals surface area contributed by atoms with Crippen molar-refractivity contribution in [3.05, 3.63) is 45.7 Å². The van der Waals surface area contributed by atoms with Crippen LogP contribution in [0.15, 0.2) is 28.8 Å². The molecule has 0 heterocycles. The molecule has 0 amide bonds. The molecule has 0 aliphatic heterocycles. The molecule has 1 aliphatic carbocycles. The molecule has 1 aromatic carbocycles. The highest BCUT2D eigenvalue weighted by atomic mass is 35.5. The van der Waals surface area contributed by atoms with E-state index in [1.54, 1.807) is 6.92 Å². The van der Waals surface area contributed by atoms with Crippen LogP contribution in [0.5, 0.6) is 0 Å². The highest BCUT2D eigenvalue weighted by molar-refractivity contribution is 6.50. The maximum Gasteiger partial charge on any atom is 0.208 e. The monoisotopic (exact) mass is 238 g/mol. The Bertz CT molecular complexity index is 532. The molecule has 0 N–H and O–H groups in total. The first-order chi connectivity index (χ1) is 7.57. The molecule has 2 nitrogen and oxygen atoms in total. The lowest BCUT2D eigenvalue weighted by Crippen LogP contribution is -2.21. The smallest absolute Gasteiger partial charge is 0.208 e. The minimum Gasteiger partial charge on any atom is -0.289 e. The van der Waals surface area contributed by atoms with E-state index in [1.807, 2.05) is 0 Å². The molecule has 16 heavy (non-hydrogen) atoms. The summed E-state index contributed by atoms with van der Waals surface area (Å²) >= 11 is 5.77. The predicted molar refractivity (Wildman–Crippen MR) is 58.2 cm³/mol. The summed E-state index contributed by atoms with van der Waals surface area (Å²) in [7, 11) is 0. The van der Waals surface area contributed by atoms with Crippen LogP contribution in [0.4, 0.5) is 4.39 Å². The molecule has 0 bridgehead atoms. The van der Waals surface area contributed by atoms with Gasteiger partial charge in [-0.2, -0.15) is 0 Å². The standard InChI is InChI=1S/C12H8ClFO2/c1-2-6-10(13)12(16)9-7(11(6)15)4-3-5-8(9)14/h3-5H,2H2,1H3. The summed E-state index contributed by atoms with van der Waals surface area (Å²) in [5, 5.41) is -0.162. The van der Waals surface area contributed by atoms with E-state index in [9.17, 15) is 14.0 Å². The fourth-order valence-corrected chi connectivity index (χ4v) is 2.08. The lowest BCUT2D eigenvalue weighted by Gasteiger charge is -2.16. The molecular formula is C12H8ClFO2. The van der Waals surface area contributed by atoms with Gasteiger partial charge in [0.2, 0.25) is 5.78 Å². The van der Waals surface area contributed by atoms with Gasteiger partial charge in [-0.1, -0.05) is 30.7 Å². The van der Waals surface area contributed by atoms with Gasteiger partial charge in [0.25, 0.3) is 0 Å². The van der Waals surface area contributed by atoms with Gasteiger partial charge < -0.3 is 0 Å². The van der Waals surface area contributed by atoms with Crippen molar-refractivity contribution in [2.75, 3.05) is 0 Å². The quantitative estimate of drug-likeness (QED) is 0.753. The van der Waals surface area contributed by atoms with Gasteiger partial charge in [0.1, 0.15) is 5.82 Å². The fourth-order valence-electron chi connectivity index (χ4n) is 1.77. The Kier molecular flexibility index (Phi) is 2.64. The molecule has 0 fully saturated rings. The van der Waals surface area contributed by atoms with Crippen LogP contribution >= 0.6 is 11.6 Å². The normalized spacial score (nSPS) is 15.4. The Hall–Kier alpha value is -1.48. The van der Waals surface area contributed by atoms with E-state index in [-0.39, 0.29) is 27.5 Å². The first kappa shape index (κ1) is 11.0.